The molecule has 0 aromatic heterocycles. The second-order valence-corrected chi connectivity index (χ2v) is 6.32. The summed E-state index contributed by atoms with van der Waals surface area (Å²) in [6.07, 6.45) is 3.12. The van der Waals surface area contributed by atoms with Crippen LogP contribution in [-0.4, -0.2) is 41.7 Å². The minimum Gasteiger partial charge on any atom is -0.345 e. The number of amides is 2. The fourth-order valence-electron chi connectivity index (χ4n) is 1.83. The van der Waals surface area contributed by atoms with E-state index in [0.717, 1.165) is 5.75 Å². The van der Waals surface area contributed by atoms with Gasteiger partial charge < -0.3 is 10.6 Å². The third kappa shape index (κ3) is 8.19. The molecular formula is C14H26N2O3S. The van der Waals surface area contributed by atoms with E-state index in [4.69, 9.17) is 0 Å². The molecule has 0 aromatic carbocycles. The monoisotopic (exact) mass is 302 g/mol. The fourth-order valence-corrected chi connectivity index (χ4v) is 2.30. The van der Waals surface area contributed by atoms with Crippen LogP contribution < -0.4 is 10.6 Å². The molecule has 0 saturated carbocycles. The number of carbonyl (C=O) groups excluding carboxylic acids is 3. The Balaban J connectivity index is 4.68. The van der Waals surface area contributed by atoms with Crippen LogP contribution in [0.3, 0.4) is 0 Å². The fraction of sp³-hybridized carbons (Fsp3) is 0.786. The van der Waals surface area contributed by atoms with E-state index in [0.29, 0.717) is 12.8 Å². The lowest BCUT2D eigenvalue weighted by Gasteiger charge is -2.22. The van der Waals surface area contributed by atoms with Crippen molar-refractivity contribution in [2.75, 3.05) is 12.0 Å². The Hall–Kier alpha value is -1.04. The highest BCUT2D eigenvalue weighted by Crippen LogP contribution is 2.07. The summed E-state index contributed by atoms with van der Waals surface area (Å²) >= 11 is 1.63. The Morgan fingerprint density at radius 3 is 2.05 bits per heavy atom. The molecule has 2 N–H and O–H groups in total. The molecule has 116 valence electrons. The van der Waals surface area contributed by atoms with E-state index < -0.39 is 12.1 Å². The van der Waals surface area contributed by atoms with E-state index in [1.54, 1.807) is 11.8 Å². The maximum Gasteiger partial charge on any atom is 0.243 e. The molecule has 6 heteroatoms. The molecule has 0 rings (SSSR count). The van der Waals surface area contributed by atoms with Gasteiger partial charge in [-0.05, 0) is 37.7 Å². The van der Waals surface area contributed by atoms with Crippen LogP contribution in [0.2, 0.25) is 0 Å². The van der Waals surface area contributed by atoms with Gasteiger partial charge in [0.05, 0.1) is 6.04 Å². The molecule has 0 heterocycles. The van der Waals surface area contributed by atoms with Crippen molar-refractivity contribution in [1.82, 2.24) is 10.6 Å². The summed E-state index contributed by atoms with van der Waals surface area (Å²) in [4.78, 5) is 34.9. The molecule has 0 bridgehead atoms. The van der Waals surface area contributed by atoms with E-state index in [9.17, 15) is 14.4 Å². The van der Waals surface area contributed by atoms with Crippen molar-refractivity contribution in [1.29, 1.82) is 0 Å². The summed E-state index contributed by atoms with van der Waals surface area (Å²) in [5.41, 5.74) is 0. The maximum absolute atomic E-state index is 12.2. The summed E-state index contributed by atoms with van der Waals surface area (Å²) in [7, 11) is 0. The molecule has 1 unspecified atom stereocenters. The SMILES string of the molecule is CSCC[C@H](NC(=O)C(CC(C)C)NC(C)=O)C(C)=O. The van der Waals surface area contributed by atoms with Crippen molar-refractivity contribution in [2.45, 2.75) is 52.6 Å². The molecule has 2 amide bonds. The Bertz CT molecular complexity index is 345. The quantitative estimate of drug-likeness (QED) is 0.674. The second kappa shape index (κ2) is 9.80. The third-order valence-electron chi connectivity index (χ3n) is 2.82. The number of Topliss-reactive ketones (excluding diaryl/α,β-unsaturated/α-hetero) is 1. The molecule has 20 heavy (non-hydrogen) atoms. The molecule has 0 radical (unpaired) electrons. The van der Waals surface area contributed by atoms with Crippen LogP contribution in [0.5, 0.6) is 0 Å². The lowest BCUT2D eigenvalue weighted by Crippen LogP contribution is -2.51. The lowest BCUT2D eigenvalue weighted by atomic mass is 10.0. The third-order valence-corrected chi connectivity index (χ3v) is 3.46. The van der Waals surface area contributed by atoms with Gasteiger partial charge >= 0.3 is 0 Å². The first-order valence-corrected chi connectivity index (χ1v) is 8.24. The van der Waals surface area contributed by atoms with Crippen molar-refractivity contribution >= 4 is 29.4 Å². The van der Waals surface area contributed by atoms with E-state index in [1.807, 2.05) is 20.1 Å². The highest BCUT2D eigenvalue weighted by atomic mass is 32.2. The highest BCUT2D eigenvalue weighted by Gasteiger charge is 2.24. The molecule has 0 aliphatic heterocycles. The van der Waals surface area contributed by atoms with Gasteiger partial charge in [0.15, 0.2) is 5.78 Å². The number of ketones is 1. The predicted molar refractivity (Wildman–Crippen MR) is 82.7 cm³/mol. The summed E-state index contributed by atoms with van der Waals surface area (Å²) < 4.78 is 0. The second-order valence-electron chi connectivity index (χ2n) is 5.34. The van der Waals surface area contributed by atoms with Crippen LogP contribution in [0.4, 0.5) is 0 Å². The van der Waals surface area contributed by atoms with E-state index in [1.165, 1.54) is 13.8 Å². The average Bonchev–Trinajstić information content (AvgIpc) is 2.31. The number of thioether (sulfide) groups is 1. The van der Waals surface area contributed by atoms with Crippen LogP contribution in [0.15, 0.2) is 0 Å². The number of rotatable bonds is 9. The molecule has 0 spiro atoms. The van der Waals surface area contributed by atoms with Gasteiger partial charge in [-0.1, -0.05) is 13.8 Å². The average molecular weight is 302 g/mol. The minimum absolute atomic E-state index is 0.0569. The first kappa shape index (κ1) is 19.0. The van der Waals surface area contributed by atoms with Crippen molar-refractivity contribution in [3.63, 3.8) is 0 Å². The van der Waals surface area contributed by atoms with Crippen LogP contribution in [0.1, 0.15) is 40.5 Å². The van der Waals surface area contributed by atoms with Crippen LogP contribution in [0.25, 0.3) is 0 Å². The molecule has 5 nitrogen and oxygen atoms in total. The summed E-state index contributed by atoms with van der Waals surface area (Å²) in [5.74, 6) is 0.502. The summed E-state index contributed by atoms with van der Waals surface area (Å²) in [6.45, 7) is 6.83. The smallest absolute Gasteiger partial charge is 0.243 e. The minimum atomic E-state index is -0.580. The number of hydrogen-bond acceptors (Lipinski definition) is 4. The van der Waals surface area contributed by atoms with Gasteiger partial charge in [-0.15, -0.1) is 0 Å². The Morgan fingerprint density at radius 1 is 1.05 bits per heavy atom. The van der Waals surface area contributed by atoms with Gasteiger partial charge in [-0.3, -0.25) is 14.4 Å². The standard InChI is InChI=1S/C14H26N2O3S/c1-9(2)8-13(15-11(4)18)14(19)16-12(10(3)17)6-7-20-5/h9,12-13H,6-8H2,1-5H3,(H,15,18)(H,16,19)/t12-,13?/m0/s1. The molecule has 0 aliphatic carbocycles. The van der Waals surface area contributed by atoms with E-state index >= 15 is 0 Å². The molecule has 0 aromatic rings. The number of carbonyl (C=O) groups is 3. The van der Waals surface area contributed by atoms with Gasteiger partial charge in [-0.2, -0.15) is 11.8 Å². The molecular weight excluding hydrogens is 276 g/mol. The topological polar surface area (TPSA) is 75.3 Å². The summed E-state index contributed by atoms with van der Waals surface area (Å²) in [6, 6.07) is -1.05. The van der Waals surface area contributed by atoms with Gasteiger partial charge in [0.2, 0.25) is 11.8 Å². The van der Waals surface area contributed by atoms with Crippen LogP contribution >= 0.6 is 11.8 Å². The lowest BCUT2D eigenvalue weighted by molar-refractivity contribution is -0.131. The van der Waals surface area contributed by atoms with Crippen LogP contribution in [-0.2, 0) is 14.4 Å². The molecule has 0 aliphatic rings. The molecule has 0 fully saturated rings. The first-order chi connectivity index (χ1) is 9.27. The Kier molecular flexibility index (Phi) is 9.29. The maximum atomic E-state index is 12.2. The Morgan fingerprint density at radius 2 is 1.65 bits per heavy atom. The van der Waals surface area contributed by atoms with Gasteiger partial charge in [-0.25, -0.2) is 0 Å². The molecule has 0 saturated heterocycles. The van der Waals surface area contributed by atoms with Gasteiger partial charge in [0, 0.05) is 6.92 Å². The van der Waals surface area contributed by atoms with Gasteiger partial charge in [0.1, 0.15) is 6.04 Å². The number of hydrogen-bond donors (Lipinski definition) is 2. The number of nitrogens with one attached hydrogen (secondary N) is 2. The van der Waals surface area contributed by atoms with Gasteiger partial charge in [0.25, 0.3) is 0 Å². The van der Waals surface area contributed by atoms with Crippen molar-refractivity contribution in [3.05, 3.63) is 0 Å². The summed E-state index contributed by atoms with van der Waals surface area (Å²) in [5, 5.41) is 5.39. The van der Waals surface area contributed by atoms with E-state index in [-0.39, 0.29) is 23.5 Å². The zero-order chi connectivity index (χ0) is 15.7. The first-order valence-electron chi connectivity index (χ1n) is 6.84. The highest BCUT2D eigenvalue weighted by molar-refractivity contribution is 7.98. The predicted octanol–water partition coefficient (Wildman–Crippen LogP) is 1.36. The van der Waals surface area contributed by atoms with E-state index in [2.05, 4.69) is 10.6 Å². The largest absolute Gasteiger partial charge is 0.345 e. The zero-order valence-electron chi connectivity index (χ0n) is 13.0. The zero-order valence-corrected chi connectivity index (χ0v) is 13.8. The Labute approximate surface area is 125 Å². The van der Waals surface area contributed by atoms with Crippen molar-refractivity contribution < 1.29 is 14.4 Å². The van der Waals surface area contributed by atoms with Crippen molar-refractivity contribution in [2.24, 2.45) is 5.92 Å². The van der Waals surface area contributed by atoms with Crippen LogP contribution in [0, 0.1) is 5.92 Å². The van der Waals surface area contributed by atoms with Crippen molar-refractivity contribution in [3.8, 4) is 0 Å². The molecule has 2 atom stereocenters. The normalized spacial score (nSPS) is 13.7.